The van der Waals surface area contributed by atoms with E-state index < -0.39 is 5.82 Å². The Balaban J connectivity index is 2.35. The van der Waals surface area contributed by atoms with Gasteiger partial charge in [0.25, 0.3) is 0 Å². The van der Waals surface area contributed by atoms with Crippen molar-refractivity contribution in [3.63, 3.8) is 0 Å². The minimum atomic E-state index is -0.394. The molecule has 0 spiro atoms. The summed E-state index contributed by atoms with van der Waals surface area (Å²) in [5.74, 6) is 0.159. The lowest BCUT2D eigenvalue weighted by atomic mass is 10.1. The quantitative estimate of drug-likeness (QED) is 0.723. The third-order valence-corrected chi connectivity index (χ3v) is 3.56. The Morgan fingerprint density at radius 3 is 2.71 bits per heavy atom. The van der Waals surface area contributed by atoms with Crippen LogP contribution in [-0.4, -0.2) is 14.5 Å². The first-order chi connectivity index (χ1) is 10.2. The number of aromatic nitrogens is 3. The normalized spacial score (nSPS) is 10.8. The number of hydrogen-bond donors (Lipinski definition) is 0. The van der Waals surface area contributed by atoms with Crippen LogP contribution < -0.4 is 0 Å². The lowest BCUT2D eigenvalue weighted by Crippen LogP contribution is -2.01. The number of fused-ring (bicyclic) bond motifs is 1. The molecule has 3 rings (SSSR count). The van der Waals surface area contributed by atoms with Crippen LogP contribution in [0.1, 0.15) is 23.7 Å². The molecule has 0 aliphatic rings. The summed E-state index contributed by atoms with van der Waals surface area (Å²) < 4.78 is 14.8. The van der Waals surface area contributed by atoms with Crippen molar-refractivity contribution in [2.24, 2.45) is 0 Å². The van der Waals surface area contributed by atoms with Gasteiger partial charge in [-0.15, -0.1) is 0 Å². The molecule has 0 atom stereocenters. The Kier molecular flexibility index (Phi) is 3.15. The lowest BCUT2D eigenvalue weighted by molar-refractivity contribution is 0.620. The van der Waals surface area contributed by atoms with Crippen molar-refractivity contribution in [2.45, 2.75) is 20.3 Å². The molecule has 0 aromatic carbocycles. The van der Waals surface area contributed by atoms with Crippen molar-refractivity contribution in [1.82, 2.24) is 14.5 Å². The molecule has 3 aromatic heterocycles. The molecule has 21 heavy (non-hydrogen) atoms. The van der Waals surface area contributed by atoms with Gasteiger partial charge in [0, 0.05) is 17.3 Å². The highest BCUT2D eigenvalue weighted by Gasteiger charge is 2.17. The monoisotopic (exact) mass is 280 g/mol. The lowest BCUT2D eigenvalue weighted by Gasteiger charge is -2.06. The number of nitriles is 1. The van der Waals surface area contributed by atoms with Crippen molar-refractivity contribution < 1.29 is 4.39 Å². The second kappa shape index (κ2) is 4.98. The van der Waals surface area contributed by atoms with Crippen molar-refractivity contribution in [1.29, 1.82) is 5.26 Å². The van der Waals surface area contributed by atoms with Crippen molar-refractivity contribution in [2.75, 3.05) is 0 Å². The molecule has 4 nitrogen and oxygen atoms in total. The Labute approximate surface area is 121 Å². The highest BCUT2D eigenvalue weighted by Crippen LogP contribution is 2.27. The summed E-state index contributed by atoms with van der Waals surface area (Å²) in [6.45, 7) is 3.89. The fourth-order valence-corrected chi connectivity index (χ4v) is 2.44. The van der Waals surface area contributed by atoms with Gasteiger partial charge in [0.05, 0.1) is 11.8 Å². The van der Waals surface area contributed by atoms with E-state index in [1.807, 2.05) is 19.9 Å². The maximum Gasteiger partial charge on any atom is 0.147 e. The van der Waals surface area contributed by atoms with E-state index >= 15 is 0 Å². The molecule has 0 bridgehead atoms. The van der Waals surface area contributed by atoms with E-state index in [4.69, 9.17) is 0 Å². The standard InChI is InChI=1S/C16H13FN4/c1-3-11-6-13-14(7-18)10(2)21(16(13)20-8-11)15-5-4-12(17)9-19-15/h4-6,8-9H,3H2,1-2H3. The van der Waals surface area contributed by atoms with Crippen LogP contribution in [0.2, 0.25) is 0 Å². The minimum absolute atomic E-state index is 0.394. The molecular weight excluding hydrogens is 267 g/mol. The third kappa shape index (κ3) is 2.05. The summed E-state index contributed by atoms with van der Waals surface area (Å²) in [6.07, 6.45) is 3.81. The van der Waals surface area contributed by atoms with Gasteiger partial charge in [-0.1, -0.05) is 6.92 Å². The molecule has 0 radical (unpaired) electrons. The molecule has 104 valence electrons. The van der Waals surface area contributed by atoms with Gasteiger partial charge >= 0.3 is 0 Å². The Morgan fingerprint density at radius 2 is 2.10 bits per heavy atom. The molecule has 5 heteroatoms. The fraction of sp³-hybridized carbons (Fsp3) is 0.188. The average Bonchev–Trinajstić information content (AvgIpc) is 2.78. The number of rotatable bonds is 2. The Morgan fingerprint density at radius 1 is 1.29 bits per heavy atom. The smallest absolute Gasteiger partial charge is 0.147 e. The second-order valence-electron chi connectivity index (χ2n) is 4.81. The summed E-state index contributed by atoms with van der Waals surface area (Å²) >= 11 is 0. The van der Waals surface area contributed by atoms with E-state index in [0.717, 1.165) is 29.3 Å². The summed E-state index contributed by atoms with van der Waals surface area (Å²) in [4.78, 5) is 8.55. The zero-order valence-corrected chi connectivity index (χ0v) is 11.8. The van der Waals surface area contributed by atoms with Crippen molar-refractivity contribution >= 4 is 11.0 Å². The highest BCUT2D eigenvalue weighted by atomic mass is 19.1. The van der Waals surface area contributed by atoms with Crippen molar-refractivity contribution in [3.8, 4) is 11.9 Å². The molecule has 0 N–H and O–H groups in total. The molecule has 3 aromatic rings. The fourth-order valence-electron chi connectivity index (χ4n) is 2.44. The van der Waals surface area contributed by atoms with Gasteiger partial charge in [0.1, 0.15) is 23.4 Å². The van der Waals surface area contributed by atoms with Crippen molar-refractivity contribution in [3.05, 3.63) is 53.2 Å². The van der Waals surface area contributed by atoms with Gasteiger partial charge in [0.2, 0.25) is 0 Å². The molecule has 0 fully saturated rings. The number of halogens is 1. The molecule has 0 aliphatic carbocycles. The Bertz CT molecular complexity index is 857. The van der Waals surface area contributed by atoms with Gasteiger partial charge in [-0.25, -0.2) is 14.4 Å². The number of aryl methyl sites for hydroxylation is 1. The van der Waals surface area contributed by atoms with Crippen LogP contribution in [0.15, 0.2) is 30.6 Å². The van der Waals surface area contributed by atoms with E-state index in [1.54, 1.807) is 16.8 Å². The largest absolute Gasteiger partial charge is 0.281 e. The Hall–Kier alpha value is -2.74. The maximum atomic E-state index is 13.0. The third-order valence-electron chi connectivity index (χ3n) is 3.56. The molecular formula is C16H13FN4. The summed E-state index contributed by atoms with van der Waals surface area (Å²) in [6, 6.07) is 7.14. The van der Waals surface area contributed by atoms with Crippen LogP contribution in [-0.2, 0) is 6.42 Å². The van der Waals surface area contributed by atoms with Crippen LogP contribution >= 0.6 is 0 Å². The van der Waals surface area contributed by atoms with Crippen LogP contribution in [0.3, 0.4) is 0 Å². The molecule has 0 unspecified atom stereocenters. The first kappa shape index (κ1) is 13.3. The average molecular weight is 280 g/mol. The zero-order valence-electron chi connectivity index (χ0n) is 11.8. The number of hydrogen-bond acceptors (Lipinski definition) is 3. The van der Waals surface area contributed by atoms with E-state index in [-0.39, 0.29) is 0 Å². The van der Waals surface area contributed by atoms with Gasteiger partial charge in [-0.2, -0.15) is 5.26 Å². The van der Waals surface area contributed by atoms with Gasteiger partial charge < -0.3 is 0 Å². The molecule has 0 aliphatic heterocycles. The zero-order chi connectivity index (χ0) is 15.0. The van der Waals surface area contributed by atoms with Crippen LogP contribution in [0, 0.1) is 24.1 Å². The summed E-state index contributed by atoms with van der Waals surface area (Å²) in [5.41, 5.74) is 3.08. The van der Waals surface area contributed by atoms with Gasteiger partial charge in [-0.05, 0) is 37.1 Å². The number of nitrogens with zero attached hydrogens (tertiary/aromatic N) is 4. The van der Waals surface area contributed by atoms with Crippen LogP contribution in [0.4, 0.5) is 4.39 Å². The highest BCUT2D eigenvalue weighted by molar-refractivity contribution is 5.87. The molecule has 3 heterocycles. The summed E-state index contributed by atoms with van der Waals surface area (Å²) in [5, 5.41) is 10.2. The SMILES string of the molecule is CCc1cnc2c(c1)c(C#N)c(C)n2-c1ccc(F)cn1. The van der Waals surface area contributed by atoms with E-state index in [1.165, 1.54) is 6.07 Å². The second-order valence-corrected chi connectivity index (χ2v) is 4.81. The maximum absolute atomic E-state index is 13.0. The van der Waals surface area contributed by atoms with Crippen LogP contribution in [0.25, 0.3) is 16.9 Å². The first-order valence-corrected chi connectivity index (χ1v) is 6.67. The topological polar surface area (TPSA) is 54.5 Å². The predicted molar refractivity (Wildman–Crippen MR) is 77.7 cm³/mol. The predicted octanol–water partition coefficient (Wildman–Crippen LogP) is 3.30. The molecule has 0 amide bonds. The minimum Gasteiger partial charge on any atom is -0.281 e. The van der Waals surface area contributed by atoms with E-state index in [2.05, 4.69) is 16.0 Å². The number of pyridine rings is 2. The molecule has 0 saturated heterocycles. The molecule has 0 saturated carbocycles. The van der Waals surface area contributed by atoms with Gasteiger partial charge in [0.15, 0.2) is 0 Å². The van der Waals surface area contributed by atoms with E-state index in [0.29, 0.717) is 17.0 Å². The van der Waals surface area contributed by atoms with E-state index in [9.17, 15) is 9.65 Å². The summed E-state index contributed by atoms with van der Waals surface area (Å²) in [7, 11) is 0. The van der Waals surface area contributed by atoms with Crippen LogP contribution in [0.5, 0.6) is 0 Å². The van der Waals surface area contributed by atoms with Gasteiger partial charge in [-0.3, -0.25) is 4.57 Å². The first-order valence-electron chi connectivity index (χ1n) is 6.67.